The molecule has 0 fully saturated rings. The average molecular weight is 136 g/mol. The van der Waals surface area contributed by atoms with Gasteiger partial charge in [-0.25, -0.2) is 0 Å². The minimum atomic E-state index is -0.403. The molecule has 7 heavy (non-hydrogen) atoms. The summed E-state index contributed by atoms with van der Waals surface area (Å²) in [4.78, 5) is 0. The first-order chi connectivity index (χ1) is 3.35. The van der Waals surface area contributed by atoms with Crippen molar-refractivity contribution in [2.75, 3.05) is 0 Å². The van der Waals surface area contributed by atoms with Crippen LogP contribution in [-0.2, 0) is 17.9 Å². The number of rotatable bonds is 3. The van der Waals surface area contributed by atoms with Crippen molar-refractivity contribution in [1.29, 1.82) is 0 Å². The fourth-order valence-electron chi connectivity index (χ4n) is 0.750. The first kappa shape index (κ1) is 7.71. The minimum Gasteiger partial charge on any atom is -1.00 e. The molecule has 0 saturated carbocycles. The summed E-state index contributed by atoms with van der Waals surface area (Å²) in [6, 6.07) is 0. The van der Waals surface area contributed by atoms with Gasteiger partial charge in [0, 0.05) is 0 Å². The Morgan fingerprint density at radius 1 is 1.00 bits per heavy atom. The third kappa shape index (κ3) is 3.31. The van der Waals surface area contributed by atoms with Crippen LogP contribution >= 0.6 is 0 Å². The van der Waals surface area contributed by atoms with E-state index in [-0.39, 0.29) is 1.43 Å². The van der Waals surface area contributed by atoms with Crippen LogP contribution in [0.4, 0.5) is 0 Å². The Morgan fingerprint density at radius 2 is 1.29 bits per heavy atom. The van der Waals surface area contributed by atoms with Gasteiger partial charge in [-0.05, 0) is 0 Å². The van der Waals surface area contributed by atoms with E-state index in [9.17, 15) is 0 Å². The van der Waals surface area contributed by atoms with Gasteiger partial charge < -0.3 is 1.43 Å². The molecule has 0 bridgehead atoms. The smallest absolute Gasteiger partial charge is 1.00 e. The van der Waals surface area contributed by atoms with Gasteiger partial charge in [0.25, 0.3) is 0 Å². The predicted molar refractivity (Wildman–Crippen MR) is 32.6 cm³/mol. The topological polar surface area (TPSA) is 0 Å². The third-order valence-corrected chi connectivity index (χ3v) is 6.18. The van der Waals surface area contributed by atoms with Crippen molar-refractivity contribution in [3.63, 3.8) is 0 Å². The number of hydrogen-bond donors (Lipinski definition) is 0. The zero-order chi connectivity index (χ0) is 5.70. The largest absolute Gasteiger partial charge is 1.00 e. The monoisotopic (exact) mass is 136 g/mol. The zero-order valence-electron chi connectivity index (χ0n) is 6.62. The van der Waals surface area contributed by atoms with Crippen molar-refractivity contribution in [1.82, 2.24) is 0 Å². The second-order valence-electron chi connectivity index (χ2n) is 1.81. The van der Waals surface area contributed by atoms with E-state index in [1.807, 2.05) is 0 Å². The van der Waals surface area contributed by atoms with Crippen LogP contribution in [-0.4, -0.2) is 0 Å². The maximum absolute atomic E-state index is 2.34. The average Bonchev–Trinajstić information content (AvgIpc) is 1.72. The summed E-state index contributed by atoms with van der Waals surface area (Å²) >= 11 is -0.403. The van der Waals surface area contributed by atoms with Gasteiger partial charge >= 0.3 is 52.8 Å². The molecule has 0 aliphatic carbocycles. The zero-order valence-corrected chi connectivity index (χ0v) is 7.18. The standard InChI is InChI=1S/3C2H5.Ti.H/c3*1-2;;/h3*1H2,2H3;;/q;;;+1;-1. The molecule has 0 rings (SSSR count). The maximum Gasteiger partial charge on any atom is -1.00 e. The first-order valence-corrected chi connectivity index (χ1v) is 6.49. The minimum absolute atomic E-state index is 0. The van der Waals surface area contributed by atoms with Crippen molar-refractivity contribution in [3.8, 4) is 0 Å². The molecule has 0 N–H and O–H groups in total. The molecule has 1 heteroatoms. The van der Waals surface area contributed by atoms with Crippen molar-refractivity contribution >= 4 is 0 Å². The molecule has 0 unspecified atom stereocenters. The molecule has 0 aromatic carbocycles. The number of hydrogen-bond acceptors (Lipinski definition) is 0. The van der Waals surface area contributed by atoms with E-state index in [1.54, 1.807) is 0 Å². The Morgan fingerprint density at radius 3 is 1.29 bits per heavy atom. The molecule has 44 valence electrons. The fourth-order valence-corrected chi connectivity index (χ4v) is 3.09. The summed E-state index contributed by atoms with van der Waals surface area (Å²) in [5, 5.41) is 0. The molecule has 0 aromatic heterocycles. The van der Waals surface area contributed by atoms with Crippen molar-refractivity contribution in [3.05, 3.63) is 0 Å². The molecule has 0 atom stereocenters. The van der Waals surface area contributed by atoms with Gasteiger partial charge in [0.15, 0.2) is 0 Å². The molecule has 0 aliphatic rings. The van der Waals surface area contributed by atoms with Gasteiger partial charge in [0.2, 0.25) is 0 Å². The summed E-state index contributed by atoms with van der Waals surface area (Å²) in [5.74, 6) is 0. The molecule has 0 saturated heterocycles. The van der Waals surface area contributed by atoms with Crippen LogP contribution < -0.4 is 0 Å². The van der Waals surface area contributed by atoms with Gasteiger partial charge in [0.05, 0.1) is 0 Å². The predicted octanol–water partition coefficient (Wildman–Crippen LogP) is 3.03. The van der Waals surface area contributed by atoms with E-state index in [1.165, 1.54) is 14.2 Å². The maximum atomic E-state index is 2.34. The van der Waals surface area contributed by atoms with Crippen LogP contribution in [0.25, 0.3) is 0 Å². The van der Waals surface area contributed by atoms with Gasteiger partial charge in [-0.2, -0.15) is 0 Å². The first-order valence-electron chi connectivity index (χ1n) is 3.18. The van der Waals surface area contributed by atoms with Crippen LogP contribution in [0.3, 0.4) is 0 Å². The van der Waals surface area contributed by atoms with E-state index < -0.39 is 17.9 Å². The van der Waals surface area contributed by atoms with Crippen LogP contribution in [0.15, 0.2) is 0 Å². The molecular formula is C6H16Ti. The molecule has 0 aliphatic heterocycles. The van der Waals surface area contributed by atoms with E-state index in [2.05, 4.69) is 20.8 Å². The van der Waals surface area contributed by atoms with E-state index in [0.29, 0.717) is 0 Å². The van der Waals surface area contributed by atoms with Gasteiger partial charge in [-0.3, -0.25) is 0 Å². The van der Waals surface area contributed by atoms with Crippen molar-refractivity contribution in [2.24, 2.45) is 0 Å². The molecule has 0 spiro atoms. The second kappa shape index (κ2) is 4.86. The summed E-state index contributed by atoms with van der Waals surface area (Å²) < 4.78 is 4.56. The SMILES string of the molecule is C[CH2][Ti+]([CH2]C)[CH2]C.[H-]. The Kier molecular flexibility index (Phi) is 5.36. The van der Waals surface area contributed by atoms with Crippen molar-refractivity contribution < 1.29 is 19.3 Å². The third-order valence-electron chi connectivity index (χ3n) is 1.50. The van der Waals surface area contributed by atoms with Gasteiger partial charge in [0.1, 0.15) is 0 Å². The van der Waals surface area contributed by atoms with E-state index in [0.717, 1.165) is 0 Å². The molecule has 0 heterocycles. The van der Waals surface area contributed by atoms with Crippen LogP contribution in [0.1, 0.15) is 22.2 Å². The Balaban J connectivity index is 0. The van der Waals surface area contributed by atoms with Crippen LogP contribution in [0.2, 0.25) is 14.2 Å². The van der Waals surface area contributed by atoms with Crippen LogP contribution in [0, 0.1) is 0 Å². The van der Waals surface area contributed by atoms with E-state index in [4.69, 9.17) is 0 Å². The van der Waals surface area contributed by atoms with Crippen LogP contribution in [0.5, 0.6) is 0 Å². The summed E-state index contributed by atoms with van der Waals surface area (Å²) in [6.07, 6.45) is 0. The van der Waals surface area contributed by atoms with Gasteiger partial charge in [-0.1, -0.05) is 0 Å². The summed E-state index contributed by atoms with van der Waals surface area (Å²) in [7, 11) is 0. The summed E-state index contributed by atoms with van der Waals surface area (Å²) in [6.45, 7) is 7.01. The van der Waals surface area contributed by atoms with E-state index >= 15 is 0 Å². The quantitative estimate of drug-likeness (QED) is 0.523. The molecular weight excluding hydrogens is 120 g/mol. The Hall–Kier alpha value is 0.714. The molecule has 0 nitrogen and oxygen atoms in total. The summed E-state index contributed by atoms with van der Waals surface area (Å²) in [5.41, 5.74) is 0. The normalized spacial score (nSPS) is 9.00. The van der Waals surface area contributed by atoms with Gasteiger partial charge in [-0.15, -0.1) is 0 Å². The Labute approximate surface area is 54.6 Å². The Bertz CT molecular complexity index is 30.0. The molecule has 0 aromatic rings. The van der Waals surface area contributed by atoms with Crippen molar-refractivity contribution in [2.45, 2.75) is 34.9 Å². The molecule has 0 amide bonds. The fraction of sp³-hybridized carbons (Fsp3) is 1.00. The molecule has 0 radical (unpaired) electrons. The second-order valence-corrected chi connectivity index (χ2v) is 7.47.